The number of carbonyl (C=O) groups excluding carboxylic acids is 1. The first-order valence-corrected chi connectivity index (χ1v) is 11.8. The Morgan fingerprint density at radius 2 is 1.83 bits per heavy atom. The molecule has 9 heteroatoms. The number of phenolic OH excluding ortho intramolecular Hbond substituents is 1. The van der Waals surface area contributed by atoms with Gasteiger partial charge in [0.2, 0.25) is 0 Å². The zero-order valence-corrected chi connectivity index (χ0v) is 19.3. The number of ether oxygens (including phenoxy) is 2. The molecular weight excluding hydrogens is 462 g/mol. The van der Waals surface area contributed by atoms with Crippen LogP contribution in [0.2, 0.25) is 0 Å². The first-order valence-electron chi connectivity index (χ1n) is 11.8. The molecule has 2 N–H and O–H groups in total. The van der Waals surface area contributed by atoms with Gasteiger partial charge in [-0.05, 0) is 47.2 Å². The van der Waals surface area contributed by atoms with Crippen molar-refractivity contribution in [3.8, 4) is 17.2 Å². The minimum atomic E-state index is -0.591. The maximum absolute atomic E-state index is 13.0. The predicted octanol–water partition coefficient (Wildman–Crippen LogP) is 2.91. The molecule has 0 fully saturated rings. The van der Waals surface area contributed by atoms with E-state index >= 15 is 0 Å². The summed E-state index contributed by atoms with van der Waals surface area (Å²) in [6, 6.07) is 12.4. The summed E-state index contributed by atoms with van der Waals surface area (Å²) in [5, 5.41) is 10.6. The highest BCUT2D eigenvalue weighted by molar-refractivity contribution is 6.02. The normalized spacial score (nSPS) is 17.0. The monoisotopic (exact) mass is 485 g/mol. The lowest BCUT2D eigenvalue weighted by atomic mass is 9.79. The molecule has 9 nitrogen and oxygen atoms in total. The summed E-state index contributed by atoms with van der Waals surface area (Å²) >= 11 is 0. The number of pyridine rings is 1. The molecule has 6 rings (SSSR count). The van der Waals surface area contributed by atoms with Crippen LogP contribution in [0.1, 0.15) is 45.8 Å². The topological polar surface area (TPSA) is 124 Å². The fourth-order valence-corrected chi connectivity index (χ4v) is 5.10. The first-order chi connectivity index (χ1) is 17.5. The van der Waals surface area contributed by atoms with Gasteiger partial charge in [-0.2, -0.15) is 0 Å². The second kappa shape index (κ2) is 8.67. The minimum Gasteiger partial charge on any atom is -0.508 e. The summed E-state index contributed by atoms with van der Waals surface area (Å²) in [6.45, 7) is 1.26. The molecule has 1 atom stereocenters. The largest absolute Gasteiger partial charge is 0.508 e. The van der Waals surface area contributed by atoms with Gasteiger partial charge in [-0.15, -0.1) is 0 Å². The lowest BCUT2D eigenvalue weighted by molar-refractivity contribution is 0.0964. The Kier molecular flexibility index (Phi) is 5.32. The summed E-state index contributed by atoms with van der Waals surface area (Å²) in [5.41, 5.74) is 1.38. The molecule has 0 saturated carbocycles. The quantitative estimate of drug-likeness (QED) is 0.457. The van der Waals surface area contributed by atoms with Gasteiger partial charge in [0.1, 0.15) is 11.4 Å². The maximum atomic E-state index is 13.0. The van der Waals surface area contributed by atoms with Gasteiger partial charge in [0.05, 0.1) is 25.1 Å². The first kappa shape index (κ1) is 22.1. The summed E-state index contributed by atoms with van der Waals surface area (Å²) in [4.78, 5) is 45.7. The van der Waals surface area contributed by atoms with E-state index in [1.165, 1.54) is 10.8 Å². The van der Waals surface area contributed by atoms with E-state index in [4.69, 9.17) is 9.47 Å². The van der Waals surface area contributed by atoms with E-state index in [9.17, 15) is 19.5 Å². The van der Waals surface area contributed by atoms with Crippen molar-refractivity contribution in [2.75, 3.05) is 13.2 Å². The maximum Gasteiger partial charge on any atom is 0.330 e. The van der Waals surface area contributed by atoms with Crippen LogP contribution < -0.4 is 20.7 Å². The van der Waals surface area contributed by atoms with Crippen LogP contribution in [0.25, 0.3) is 11.0 Å². The predicted molar refractivity (Wildman–Crippen MR) is 131 cm³/mol. The van der Waals surface area contributed by atoms with Gasteiger partial charge in [-0.25, -0.2) is 9.78 Å². The van der Waals surface area contributed by atoms with Crippen LogP contribution in [0, 0.1) is 0 Å². The number of nitrogens with one attached hydrogen (secondary N) is 1. The van der Waals surface area contributed by atoms with Gasteiger partial charge in [-0.3, -0.25) is 19.1 Å². The van der Waals surface area contributed by atoms with Crippen molar-refractivity contribution in [2.24, 2.45) is 0 Å². The lowest BCUT2D eigenvalue weighted by Gasteiger charge is -2.25. The standard InChI is InChI=1S/C27H23N3O6/c31-20-5-2-1-4-17(20)16-11-18-19(21(32)12-16)13-28-25-24(18)26(33)29-27(34)30(25)14-15-6-7-22-23(10-15)36-9-3-8-35-22/h1-2,4-7,10,13,16,31H,3,8-9,11-12,14H2,(H,29,33,34). The number of hydrogen-bond acceptors (Lipinski definition) is 7. The number of phenols is 1. The highest BCUT2D eigenvalue weighted by Gasteiger charge is 2.31. The Labute approximate surface area is 205 Å². The molecule has 0 spiro atoms. The van der Waals surface area contributed by atoms with E-state index in [2.05, 4.69) is 9.97 Å². The number of rotatable bonds is 3. The van der Waals surface area contributed by atoms with Crippen LogP contribution in [0.3, 0.4) is 0 Å². The second-order valence-corrected chi connectivity index (χ2v) is 9.11. The molecule has 1 unspecified atom stereocenters. The Hall–Kier alpha value is -4.40. The molecule has 0 radical (unpaired) electrons. The second-order valence-electron chi connectivity index (χ2n) is 9.11. The zero-order valence-electron chi connectivity index (χ0n) is 19.3. The third kappa shape index (κ3) is 3.73. The van der Waals surface area contributed by atoms with E-state index in [1.54, 1.807) is 30.3 Å². The average molecular weight is 485 g/mol. The van der Waals surface area contributed by atoms with Crippen molar-refractivity contribution in [3.63, 3.8) is 0 Å². The number of aromatic nitrogens is 3. The summed E-state index contributed by atoms with van der Waals surface area (Å²) in [7, 11) is 0. The SMILES string of the molecule is O=C1CC(c2ccccc2O)Cc2c1cnc1c2c(=O)[nH]c(=O)n1Cc1ccc2c(c1)OCCCO2. The average Bonchev–Trinajstić information content (AvgIpc) is 3.11. The Morgan fingerprint density at radius 1 is 1.03 bits per heavy atom. The Morgan fingerprint density at radius 3 is 2.67 bits per heavy atom. The lowest BCUT2D eigenvalue weighted by Crippen LogP contribution is -2.33. The van der Waals surface area contributed by atoms with Crippen molar-refractivity contribution in [2.45, 2.75) is 31.7 Å². The number of carbonyl (C=O) groups is 1. The molecule has 2 aromatic heterocycles. The van der Waals surface area contributed by atoms with Gasteiger partial charge in [0.25, 0.3) is 5.56 Å². The van der Waals surface area contributed by atoms with Gasteiger partial charge in [0.15, 0.2) is 17.3 Å². The number of aromatic amines is 1. The fourth-order valence-electron chi connectivity index (χ4n) is 5.10. The zero-order chi connectivity index (χ0) is 24.8. The molecule has 0 amide bonds. The van der Waals surface area contributed by atoms with Gasteiger partial charge in [-0.1, -0.05) is 24.3 Å². The van der Waals surface area contributed by atoms with Crippen molar-refractivity contribution >= 4 is 16.8 Å². The smallest absolute Gasteiger partial charge is 0.330 e. The summed E-state index contributed by atoms with van der Waals surface area (Å²) < 4.78 is 12.9. The number of hydrogen-bond donors (Lipinski definition) is 2. The Bertz CT molecular complexity index is 1640. The molecule has 1 aliphatic heterocycles. The third-order valence-corrected chi connectivity index (χ3v) is 6.83. The van der Waals surface area contributed by atoms with E-state index < -0.39 is 11.2 Å². The van der Waals surface area contributed by atoms with E-state index in [1.807, 2.05) is 12.1 Å². The van der Waals surface area contributed by atoms with Gasteiger partial charge >= 0.3 is 5.69 Å². The highest BCUT2D eigenvalue weighted by atomic mass is 16.5. The highest BCUT2D eigenvalue weighted by Crippen LogP contribution is 2.38. The van der Waals surface area contributed by atoms with Crippen LogP contribution in [-0.2, 0) is 13.0 Å². The number of fused-ring (bicyclic) bond motifs is 4. The minimum absolute atomic E-state index is 0.109. The molecule has 1 aliphatic carbocycles. The number of ketones is 1. The van der Waals surface area contributed by atoms with E-state index in [0.29, 0.717) is 47.8 Å². The van der Waals surface area contributed by atoms with Crippen molar-refractivity contribution < 1.29 is 19.4 Å². The number of H-pyrrole nitrogens is 1. The molecule has 3 heterocycles. The van der Waals surface area contributed by atoms with Crippen molar-refractivity contribution in [1.82, 2.24) is 14.5 Å². The number of nitrogens with zero attached hydrogens (tertiary/aromatic N) is 2. The van der Waals surface area contributed by atoms with E-state index in [-0.39, 0.29) is 41.4 Å². The van der Waals surface area contributed by atoms with E-state index in [0.717, 1.165) is 12.0 Å². The molecule has 0 saturated heterocycles. The summed E-state index contributed by atoms with van der Waals surface area (Å²) in [6.07, 6.45) is 2.80. The fraction of sp³-hybridized carbons (Fsp3) is 0.259. The molecular formula is C27H23N3O6. The van der Waals surface area contributed by atoms with Gasteiger partial charge in [0, 0.05) is 24.6 Å². The Balaban J connectivity index is 1.46. The molecule has 0 bridgehead atoms. The number of para-hydroxylation sites is 1. The number of Topliss-reactive ketones (excluding diaryl/α,β-unsaturated/α-hetero) is 1. The van der Waals surface area contributed by atoms with Gasteiger partial charge < -0.3 is 14.6 Å². The van der Waals surface area contributed by atoms with Crippen LogP contribution in [0.4, 0.5) is 0 Å². The molecule has 182 valence electrons. The van der Waals surface area contributed by atoms with Crippen LogP contribution in [0.5, 0.6) is 17.2 Å². The van der Waals surface area contributed by atoms with Crippen LogP contribution >= 0.6 is 0 Å². The van der Waals surface area contributed by atoms with Crippen molar-refractivity contribution in [1.29, 1.82) is 0 Å². The van der Waals surface area contributed by atoms with Crippen LogP contribution in [0.15, 0.2) is 58.3 Å². The molecule has 4 aromatic rings. The third-order valence-electron chi connectivity index (χ3n) is 6.83. The summed E-state index contributed by atoms with van der Waals surface area (Å²) in [5.74, 6) is 0.915. The molecule has 36 heavy (non-hydrogen) atoms. The van der Waals surface area contributed by atoms with Crippen molar-refractivity contribution in [3.05, 3.63) is 91.8 Å². The van der Waals surface area contributed by atoms with Crippen LogP contribution in [-0.4, -0.2) is 38.6 Å². The number of benzene rings is 2. The molecule has 2 aromatic carbocycles. The number of aromatic hydroxyl groups is 1. The molecule has 2 aliphatic rings.